The Morgan fingerprint density at radius 3 is 2.70 bits per heavy atom. The second-order valence-corrected chi connectivity index (χ2v) is 4.82. The minimum atomic E-state index is -0.501. The van der Waals surface area contributed by atoms with Crippen LogP contribution in [-0.4, -0.2) is 48.7 Å². The summed E-state index contributed by atoms with van der Waals surface area (Å²) in [7, 11) is 1.88. The first-order valence-electron chi connectivity index (χ1n) is 7.02. The third-order valence-electron chi connectivity index (χ3n) is 3.16. The van der Waals surface area contributed by atoms with Gasteiger partial charge >= 0.3 is 0 Å². The van der Waals surface area contributed by atoms with Crippen LogP contribution in [0.3, 0.4) is 0 Å². The van der Waals surface area contributed by atoms with Crippen LogP contribution in [0.1, 0.15) is 18.4 Å². The summed E-state index contributed by atoms with van der Waals surface area (Å²) in [6, 6.07) is 9.23. The molecule has 5 nitrogen and oxygen atoms in total. The van der Waals surface area contributed by atoms with Gasteiger partial charge in [0.15, 0.2) is 0 Å². The van der Waals surface area contributed by atoms with Crippen molar-refractivity contribution in [2.45, 2.75) is 25.4 Å². The SMILES string of the molecule is CNCCC[C@@H](N)C(=O)N(CCO)Cc1ccccc1. The van der Waals surface area contributed by atoms with Gasteiger partial charge in [-0.2, -0.15) is 0 Å². The Labute approximate surface area is 120 Å². The van der Waals surface area contributed by atoms with Crippen molar-refractivity contribution in [1.29, 1.82) is 0 Å². The molecule has 0 aliphatic carbocycles. The highest BCUT2D eigenvalue weighted by molar-refractivity contribution is 5.81. The predicted molar refractivity (Wildman–Crippen MR) is 80.1 cm³/mol. The number of nitrogens with two attached hydrogens (primary N) is 1. The molecule has 1 amide bonds. The lowest BCUT2D eigenvalue weighted by Crippen LogP contribution is -2.44. The third kappa shape index (κ3) is 5.69. The maximum absolute atomic E-state index is 12.3. The topological polar surface area (TPSA) is 78.6 Å². The van der Waals surface area contributed by atoms with Gasteiger partial charge in [0.1, 0.15) is 0 Å². The highest BCUT2D eigenvalue weighted by atomic mass is 16.3. The Balaban J connectivity index is 2.57. The number of nitrogens with zero attached hydrogens (tertiary/aromatic N) is 1. The van der Waals surface area contributed by atoms with Crippen LogP contribution in [0.2, 0.25) is 0 Å². The van der Waals surface area contributed by atoms with E-state index in [1.54, 1.807) is 4.90 Å². The Morgan fingerprint density at radius 2 is 2.10 bits per heavy atom. The first-order valence-corrected chi connectivity index (χ1v) is 7.02. The van der Waals surface area contributed by atoms with E-state index in [1.807, 2.05) is 37.4 Å². The minimum absolute atomic E-state index is 0.0538. The number of aliphatic hydroxyl groups excluding tert-OH is 1. The first kappa shape index (κ1) is 16.6. The van der Waals surface area contributed by atoms with Gasteiger partial charge in [0, 0.05) is 13.1 Å². The molecule has 112 valence electrons. The number of hydrogen-bond donors (Lipinski definition) is 3. The Bertz CT molecular complexity index is 384. The predicted octanol–water partition coefficient (Wildman–Crippen LogP) is 0.334. The molecule has 0 aliphatic rings. The van der Waals surface area contributed by atoms with Crippen molar-refractivity contribution in [3.8, 4) is 0 Å². The molecule has 0 spiro atoms. The second-order valence-electron chi connectivity index (χ2n) is 4.82. The van der Waals surface area contributed by atoms with Crippen LogP contribution >= 0.6 is 0 Å². The van der Waals surface area contributed by atoms with E-state index in [-0.39, 0.29) is 12.5 Å². The summed E-state index contributed by atoms with van der Waals surface area (Å²) >= 11 is 0. The van der Waals surface area contributed by atoms with Crippen LogP contribution < -0.4 is 11.1 Å². The monoisotopic (exact) mass is 279 g/mol. The molecule has 20 heavy (non-hydrogen) atoms. The molecule has 4 N–H and O–H groups in total. The van der Waals surface area contributed by atoms with E-state index in [0.29, 0.717) is 19.5 Å². The second kappa shape index (κ2) is 9.47. The van der Waals surface area contributed by atoms with E-state index in [9.17, 15) is 4.79 Å². The summed E-state index contributed by atoms with van der Waals surface area (Å²) in [6.07, 6.45) is 1.51. The standard InChI is InChI=1S/C15H25N3O2/c1-17-9-5-8-14(16)15(20)18(10-11-19)12-13-6-3-2-4-7-13/h2-4,6-7,14,17,19H,5,8-12,16H2,1H3/t14-/m1/s1. The van der Waals surface area contributed by atoms with E-state index < -0.39 is 6.04 Å². The van der Waals surface area contributed by atoms with Crippen molar-refractivity contribution < 1.29 is 9.90 Å². The van der Waals surface area contributed by atoms with Crippen molar-refractivity contribution in [2.75, 3.05) is 26.7 Å². The van der Waals surface area contributed by atoms with Gasteiger partial charge < -0.3 is 21.1 Å². The zero-order valence-corrected chi connectivity index (χ0v) is 12.1. The molecule has 0 unspecified atom stereocenters. The number of carbonyl (C=O) groups is 1. The lowest BCUT2D eigenvalue weighted by atomic mass is 10.1. The summed E-state index contributed by atoms with van der Waals surface area (Å²) < 4.78 is 0. The largest absolute Gasteiger partial charge is 0.395 e. The number of amides is 1. The highest BCUT2D eigenvalue weighted by Crippen LogP contribution is 2.07. The molecule has 0 radical (unpaired) electrons. The zero-order valence-electron chi connectivity index (χ0n) is 12.1. The number of hydrogen-bond acceptors (Lipinski definition) is 4. The summed E-state index contributed by atoms with van der Waals surface area (Å²) in [5.74, 6) is -0.0981. The van der Waals surface area contributed by atoms with E-state index in [4.69, 9.17) is 10.8 Å². The molecule has 0 fully saturated rings. The maximum atomic E-state index is 12.3. The lowest BCUT2D eigenvalue weighted by molar-refractivity contribution is -0.133. The molecule has 5 heteroatoms. The van der Waals surface area contributed by atoms with Crippen molar-refractivity contribution >= 4 is 5.91 Å². The molecule has 1 aromatic carbocycles. The van der Waals surface area contributed by atoms with Crippen molar-refractivity contribution in [1.82, 2.24) is 10.2 Å². The van der Waals surface area contributed by atoms with E-state index in [0.717, 1.165) is 18.5 Å². The van der Waals surface area contributed by atoms with Gasteiger partial charge in [-0.1, -0.05) is 30.3 Å². The maximum Gasteiger partial charge on any atom is 0.239 e. The fourth-order valence-electron chi connectivity index (χ4n) is 2.05. The number of nitrogens with one attached hydrogen (secondary N) is 1. The molecule has 0 saturated carbocycles. The Hall–Kier alpha value is -1.43. The number of carbonyl (C=O) groups excluding carboxylic acids is 1. The molecule has 1 atom stereocenters. The van der Waals surface area contributed by atoms with Crippen molar-refractivity contribution in [2.24, 2.45) is 5.73 Å². The minimum Gasteiger partial charge on any atom is -0.395 e. The zero-order chi connectivity index (χ0) is 14.8. The quantitative estimate of drug-likeness (QED) is 0.569. The number of benzene rings is 1. The molecule has 1 rings (SSSR count). The van der Waals surface area contributed by atoms with Gasteiger partial charge in [-0.25, -0.2) is 0 Å². The Morgan fingerprint density at radius 1 is 1.40 bits per heavy atom. The molecular formula is C15H25N3O2. The molecule has 1 aromatic rings. The molecule has 0 saturated heterocycles. The fraction of sp³-hybridized carbons (Fsp3) is 0.533. The summed E-state index contributed by atoms with van der Waals surface area (Å²) in [6.45, 7) is 1.59. The Kier molecular flexibility index (Phi) is 7.87. The van der Waals surface area contributed by atoms with Crippen LogP contribution in [0.5, 0.6) is 0 Å². The molecule has 0 bridgehead atoms. The summed E-state index contributed by atoms with van der Waals surface area (Å²) in [5.41, 5.74) is 6.98. The molecule has 0 aliphatic heterocycles. The summed E-state index contributed by atoms with van der Waals surface area (Å²) in [5, 5.41) is 12.2. The van der Waals surface area contributed by atoms with Crippen molar-refractivity contribution in [3.63, 3.8) is 0 Å². The highest BCUT2D eigenvalue weighted by Gasteiger charge is 2.20. The summed E-state index contributed by atoms with van der Waals surface area (Å²) in [4.78, 5) is 13.9. The van der Waals surface area contributed by atoms with Gasteiger partial charge in [-0.05, 0) is 32.0 Å². The molecule has 0 aromatic heterocycles. The van der Waals surface area contributed by atoms with Gasteiger partial charge in [0.25, 0.3) is 0 Å². The van der Waals surface area contributed by atoms with Crippen LogP contribution in [0.4, 0.5) is 0 Å². The normalized spacial score (nSPS) is 12.2. The number of rotatable bonds is 9. The van der Waals surface area contributed by atoms with Gasteiger partial charge in [-0.3, -0.25) is 4.79 Å². The van der Waals surface area contributed by atoms with Crippen LogP contribution in [0, 0.1) is 0 Å². The van der Waals surface area contributed by atoms with Crippen molar-refractivity contribution in [3.05, 3.63) is 35.9 Å². The first-order chi connectivity index (χ1) is 9.69. The average Bonchev–Trinajstić information content (AvgIpc) is 2.47. The van der Waals surface area contributed by atoms with Gasteiger partial charge in [-0.15, -0.1) is 0 Å². The molecular weight excluding hydrogens is 254 g/mol. The smallest absolute Gasteiger partial charge is 0.239 e. The third-order valence-corrected chi connectivity index (χ3v) is 3.16. The fourth-order valence-corrected chi connectivity index (χ4v) is 2.05. The lowest BCUT2D eigenvalue weighted by Gasteiger charge is -2.25. The van der Waals surface area contributed by atoms with E-state index >= 15 is 0 Å². The molecule has 0 heterocycles. The van der Waals surface area contributed by atoms with Crippen LogP contribution in [0.15, 0.2) is 30.3 Å². The van der Waals surface area contributed by atoms with Gasteiger partial charge in [0.2, 0.25) is 5.91 Å². The van der Waals surface area contributed by atoms with Gasteiger partial charge in [0.05, 0.1) is 12.6 Å². The van der Waals surface area contributed by atoms with Crippen LogP contribution in [-0.2, 0) is 11.3 Å². The number of aliphatic hydroxyl groups is 1. The van der Waals surface area contributed by atoms with E-state index in [1.165, 1.54) is 0 Å². The average molecular weight is 279 g/mol. The van der Waals surface area contributed by atoms with Crippen LogP contribution in [0.25, 0.3) is 0 Å². The van der Waals surface area contributed by atoms with E-state index in [2.05, 4.69) is 5.32 Å².